The molecular weight excluding hydrogens is 271 g/mol. The highest BCUT2D eigenvalue weighted by atomic mass is 35.7. The number of hydrogen-bond donors (Lipinski definition) is 0. The van der Waals surface area contributed by atoms with Gasteiger partial charge in [-0.2, -0.15) is 0 Å². The molecule has 0 atom stereocenters. The maximum atomic E-state index is 12.8. The van der Waals surface area contributed by atoms with Crippen LogP contribution < -0.4 is 9.47 Å². The average Bonchev–Trinajstić information content (AvgIpc) is 2.25. The Kier molecular flexibility index (Phi) is 4.59. The summed E-state index contributed by atoms with van der Waals surface area (Å²) >= 11 is 0. The normalized spacial score (nSPS) is 11.3. The molecule has 0 saturated carbocycles. The van der Waals surface area contributed by atoms with Gasteiger partial charge in [0.25, 0.3) is 0 Å². The summed E-state index contributed by atoms with van der Waals surface area (Å²) in [5.74, 6) is 0.144. The first kappa shape index (κ1) is 14.1. The van der Waals surface area contributed by atoms with Crippen LogP contribution in [0.3, 0.4) is 0 Å². The first-order valence-corrected chi connectivity index (χ1v) is 7.11. The predicted molar refractivity (Wildman–Crippen MR) is 62.8 cm³/mol. The van der Waals surface area contributed by atoms with E-state index in [0.29, 0.717) is 5.56 Å². The molecule has 7 heteroatoms. The third kappa shape index (κ3) is 3.74. The maximum absolute atomic E-state index is 12.8. The van der Waals surface area contributed by atoms with Crippen LogP contribution in [0, 0.1) is 0 Å². The van der Waals surface area contributed by atoms with E-state index in [4.69, 9.17) is 20.2 Å². The molecule has 0 aromatic heterocycles. The number of methoxy groups -OCH3 is 2. The predicted octanol–water partition coefficient (Wildman–Crippen LogP) is 2.24. The number of halogens is 2. The second kappa shape index (κ2) is 5.55. The molecule has 0 aliphatic carbocycles. The van der Waals surface area contributed by atoms with Crippen molar-refractivity contribution in [1.29, 1.82) is 0 Å². The van der Waals surface area contributed by atoms with Crippen molar-refractivity contribution >= 4 is 19.7 Å². The van der Waals surface area contributed by atoms with Crippen molar-refractivity contribution < 1.29 is 22.3 Å². The molecule has 0 aliphatic heterocycles. The van der Waals surface area contributed by atoms with Gasteiger partial charge in [0.05, 0.1) is 20.0 Å². The number of benzene rings is 1. The topological polar surface area (TPSA) is 52.6 Å². The molecule has 0 heterocycles. The summed E-state index contributed by atoms with van der Waals surface area (Å²) in [5, 5.41) is 0. The fourth-order valence-electron chi connectivity index (χ4n) is 1.49. The standard InChI is InChI=1S/C10H12ClFO4S/c1-15-9-4-7(6-17(11,13)14)3-8(5-12)10(9)16-2/h3-4H,5-6H2,1-2H3. The molecule has 4 nitrogen and oxygen atoms in total. The van der Waals surface area contributed by atoms with Crippen LogP contribution in [-0.4, -0.2) is 22.6 Å². The van der Waals surface area contributed by atoms with Gasteiger partial charge in [-0.25, -0.2) is 12.8 Å². The van der Waals surface area contributed by atoms with Crippen molar-refractivity contribution in [3.63, 3.8) is 0 Å². The quantitative estimate of drug-likeness (QED) is 0.777. The Morgan fingerprint density at radius 1 is 1.29 bits per heavy atom. The van der Waals surface area contributed by atoms with Gasteiger partial charge in [-0.15, -0.1) is 0 Å². The van der Waals surface area contributed by atoms with E-state index in [1.807, 2.05) is 0 Å². The van der Waals surface area contributed by atoms with Gasteiger partial charge >= 0.3 is 0 Å². The molecule has 0 fully saturated rings. The summed E-state index contributed by atoms with van der Waals surface area (Å²) in [6, 6.07) is 2.85. The van der Waals surface area contributed by atoms with E-state index >= 15 is 0 Å². The Balaban J connectivity index is 3.27. The molecule has 17 heavy (non-hydrogen) atoms. The molecule has 0 saturated heterocycles. The lowest BCUT2D eigenvalue weighted by Gasteiger charge is -2.12. The van der Waals surface area contributed by atoms with Gasteiger partial charge in [0.2, 0.25) is 9.05 Å². The zero-order chi connectivity index (χ0) is 13.1. The fraction of sp³-hybridized carbons (Fsp3) is 0.400. The molecule has 0 N–H and O–H groups in total. The lowest BCUT2D eigenvalue weighted by atomic mass is 10.1. The molecule has 1 aromatic rings. The van der Waals surface area contributed by atoms with E-state index in [1.54, 1.807) is 0 Å². The molecule has 96 valence electrons. The SMILES string of the molecule is COc1cc(CS(=O)(=O)Cl)cc(CF)c1OC. The van der Waals surface area contributed by atoms with Gasteiger partial charge in [-0.05, 0) is 17.7 Å². The summed E-state index contributed by atoms with van der Waals surface area (Å²) in [5.41, 5.74) is 0.576. The van der Waals surface area contributed by atoms with Crippen LogP contribution in [0.2, 0.25) is 0 Å². The third-order valence-corrected chi connectivity index (χ3v) is 3.10. The minimum atomic E-state index is -3.69. The van der Waals surface area contributed by atoms with Gasteiger partial charge < -0.3 is 9.47 Å². The van der Waals surface area contributed by atoms with Crippen LogP contribution >= 0.6 is 10.7 Å². The van der Waals surface area contributed by atoms with Crippen LogP contribution in [0.5, 0.6) is 11.5 Å². The molecule has 1 aromatic carbocycles. The summed E-state index contributed by atoms with van der Waals surface area (Å²) in [6.07, 6.45) is 0. The van der Waals surface area contributed by atoms with Gasteiger partial charge in [-0.3, -0.25) is 0 Å². The Bertz CT molecular complexity index is 476. The van der Waals surface area contributed by atoms with Gasteiger partial charge in [0.1, 0.15) is 6.67 Å². The molecular formula is C10H12ClFO4S. The van der Waals surface area contributed by atoms with Gasteiger partial charge in [-0.1, -0.05) is 0 Å². The van der Waals surface area contributed by atoms with E-state index < -0.39 is 15.7 Å². The molecule has 0 unspecified atom stereocenters. The zero-order valence-electron chi connectivity index (χ0n) is 9.37. The highest BCUT2D eigenvalue weighted by Crippen LogP contribution is 2.33. The number of ether oxygens (including phenoxy) is 2. The first-order chi connectivity index (χ1) is 7.91. The zero-order valence-corrected chi connectivity index (χ0v) is 10.9. The summed E-state index contributed by atoms with van der Waals surface area (Å²) in [6.45, 7) is -0.782. The lowest BCUT2D eigenvalue weighted by Crippen LogP contribution is -2.00. The molecule has 1 rings (SSSR count). The smallest absolute Gasteiger partial charge is 0.236 e. The summed E-state index contributed by atoms with van der Waals surface area (Å²) < 4.78 is 44.7. The molecule has 0 radical (unpaired) electrons. The maximum Gasteiger partial charge on any atom is 0.236 e. The van der Waals surface area contributed by atoms with Crippen molar-refractivity contribution in [2.45, 2.75) is 12.4 Å². The average molecular weight is 283 g/mol. The third-order valence-electron chi connectivity index (χ3n) is 2.10. The minimum absolute atomic E-state index is 0.224. The van der Waals surface area contributed by atoms with Crippen LogP contribution in [0.15, 0.2) is 12.1 Å². The highest BCUT2D eigenvalue weighted by Gasteiger charge is 2.15. The van der Waals surface area contributed by atoms with Crippen molar-refractivity contribution in [2.24, 2.45) is 0 Å². The van der Waals surface area contributed by atoms with Crippen LogP contribution in [0.25, 0.3) is 0 Å². The lowest BCUT2D eigenvalue weighted by molar-refractivity contribution is 0.344. The van der Waals surface area contributed by atoms with Crippen molar-refractivity contribution in [3.05, 3.63) is 23.3 Å². The van der Waals surface area contributed by atoms with E-state index in [-0.39, 0.29) is 22.8 Å². The minimum Gasteiger partial charge on any atom is -0.493 e. The Morgan fingerprint density at radius 2 is 1.94 bits per heavy atom. The Morgan fingerprint density at radius 3 is 2.35 bits per heavy atom. The summed E-state index contributed by atoms with van der Waals surface area (Å²) in [7, 11) is 4.22. The second-order valence-corrected chi connectivity index (χ2v) is 6.08. The second-order valence-electron chi connectivity index (χ2n) is 3.31. The van der Waals surface area contributed by atoms with Crippen LogP contribution in [-0.2, 0) is 21.5 Å². The van der Waals surface area contributed by atoms with E-state index in [0.717, 1.165) is 0 Å². The number of rotatable bonds is 5. The van der Waals surface area contributed by atoms with E-state index in [9.17, 15) is 12.8 Å². The fourth-order valence-corrected chi connectivity index (χ4v) is 2.43. The number of hydrogen-bond acceptors (Lipinski definition) is 4. The van der Waals surface area contributed by atoms with Crippen LogP contribution in [0.4, 0.5) is 4.39 Å². The number of alkyl halides is 1. The van der Waals surface area contributed by atoms with Crippen LogP contribution in [0.1, 0.15) is 11.1 Å². The molecule has 0 spiro atoms. The van der Waals surface area contributed by atoms with E-state index in [1.165, 1.54) is 26.4 Å². The Labute approximate surface area is 104 Å². The highest BCUT2D eigenvalue weighted by molar-refractivity contribution is 8.13. The van der Waals surface area contributed by atoms with Gasteiger partial charge in [0.15, 0.2) is 11.5 Å². The van der Waals surface area contributed by atoms with Crippen molar-refractivity contribution in [3.8, 4) is 11.5 Å². The molecule has 0 amide bonds. The van der Waals surface area contributed by atoms with Crippen molar-refractivity contribution in [2.75, 3.05) is 14.2 Å². The molecule has 0 aliphatic rings. The molecule has 0 bridgehead atoms. The van der Waals surface area contributed by atoms with Crippen molar-refractivity contribution in [1.82, 2.24) is 0 Å². The Hall–Kier alpha value is -1.01. The van der Waals surface area contributed by atoms with E-state index in [2.05, 4.69) is 0 Å². The largest absolute Gasteiger partial charge is 0.493 e. The summed E-state index contributed by atoms with van der Waals surface area (Å²) in [4.78, 5) is 0. The first-order valence-electron chi connectivity index (χ1n) is 4.63. The van der Waals surface area contributed by atoms with Gasteiger partial charge in [0, 0.05) is 16.2 Å². The monoisotopic (exact) mass is 282 g/mol.